The maximum atomic E-state index is 13.4. The topological polar surface area (TPSA) is 105 Å². The predicted molar refractivity (Wildman–Crippen MR) is 110 cm³/mol. The summed E-state index contributed by atoms with van der Waals surface area (Å²) in [5.41, 5.74) is -1.85. The first kappa shape index (κ1) is 23.5. The number of hydrogen-bond donors (Lipinski definition) is 1. The highest BCUT2D eigenvalue weighted by Crippen LogP contribution is 2.51. The Hall–Kier alpha value is -2.66. The van der Waals surface area contributed by atoms with Crippen molar-refractivity contribution in [3.63, 3.8) is 0 Å². The summed E-state index contributed by atoms with van der Waals surface area (Å²) in [7, 11) is -4.59. The lowest BCUT2D eigenvalue weighted by Gasteiger charge is -2.27. The second-order valence-corrected chi connectivity index (χ2v) is 10.7. The van der Waals surface area contributed by atoms with Crippen molar-refractivity contribution in [3.8, 4) is 0 Å². The first-order chi connectivity index (χ1) is 15.4. The van der Waals surface area contributed by atoms with Crippen LogP contribution in [0.5, 0.6) is 0 Å². The van der Waals surface area contributed by atoms with Gasteiger partial charge in [0, 0.05) is 12.7 Å². The zero-order valence-electron chi connectivity index (χ0n) is 16.9. The Morgan fingerprint density at radius 2 is 1.82 bits per heavy atom. The van der Waals surface area contributed by atoms with Crippen LogP contribution in [0.1, 0.15) is 30.4 Å². The minimum absolute atomic E-state index is 0.209. The van der Waals surface area contributed by atoms with Gasteiger partial charge in [0.25, 0.3) is 0 Å². The quantitative estimate of drug-likeness (QED) is 0.629. The van der Waals surface area contributed by atoms with Crippen LogP contribution in [0.2, 0.25) is 5.15 Å². The minimum atomic E-state index is -4.91. The molecule has 0 spiro atoms. The number of nitrogens with zero attached hydrogens (tertiary/aromatic N) is 2. The van der Waals surface area contributed by atoms with Gasteiger partial charge in [-0.2, -0.15) is 13.2 Å². The van der Waals surface area contributed by atoms with Gasteiger partial charge < -0.3 is 10.0 Å². The van der Waals surface area contributed by atoms with Gasteiger partial charge >= 0.3 is 12.1 Å². The number of carboxylic acids is 1. The van der Waals surface area contributed by atoms with Gasteiger partial charge in [-0.1, -0.05) is 29.8 Å². The number of carbonyl (C=O) groups excluding carboxylic acids is 1. The van der Waals surface area contributed by atoms with E-state index in [4.69, 9.17) is 11.6 Å². The lowest BCUT2D eigenvalue weighted by atomic mass is 9.95. The molecule has 1 saturated carbocycles. The van der Waals surface area contributed by atoms with Crippen molar-refractivity contribution < 1.29 is 36.3 Å². The number of amides is 1. The number of likely N-dealkylation sites (tertiary alicyclic amines) is 1. The molecule has 2 atom stereocenters. The highest BCUT2D eigenvalue weighted by atomic mass is 35.5. The third-order valence-electron chi connectivity index (χ3n) is 6.19. The summed E-state index contributed by atoms with van der Waals surface area (Å²) >= 11 is 5.79. The summed E-state index contributed by atoms with van der Waals surface area (Å²) in [6.45, 7) is -0.521. The van der Waals surface area contributed by atoms with Gasteiger partial charge in [-0.15, -0.1) is 0 Å². The summed E-state index contributed by atoms with van der Waals surface area (Å²) in [5.74, 6) is -2.00. The fourth-order valence-electron chi connectivity index (χ4n) is 4.29. The fraction of sp³-hybridized carbons (Fsp3) is 0.381. The maximum Gasteiger partial charge on any atom is 0.417 e. The normalized spacial score (nSPS) is 22.2. The number of hydrogen-bond acceptors (Lipinski definition) is 5. The van der Waals surface area contributed by atoms with Crippen LogP contribution in [0, 0.1) is 0 Å². The number of sulfone groups is 1. The molecule has 0 bridgehead atoms. The highest BCUT2D eigenvalue weighted by Gasteiger charge is 2.57. The SMILES string of the molecule is O=C(O)[C@@H]1C[C@@H](S(=O)(=O)c2ccccc2C(F)(F)F)CN1C(=O)C1(c2ccc(Cl)nc2)CC1. The largest absolute Gasteiger partial charge is 0.480 e. The van der Waals surface area contributed by atoms with Crippen LogP contribution in [0.15, 0.2) is 47.5 Å². The number of rotatable bonds is 5. The molecule has 2 fully saturated rings. The van der Waals surface area contributed by atoms with E-state index >= 15 is 0 Å². The van der Waals surface area contributed by atoms with Crippen molar-refractivity contribution in [2.75, 3.05) is 6.54 Å². The van der Waals surface area contributed by atoms with Crippen molar-refractivity contribution in [2.45, 2.75) is 47.0 Å². The van der Waals surface area contributed by atoms with E-state index in [1.165, 1.54) is 18.3 Å². The smallest absolute Gasteiger partial charge is 0.417 e. The molecule has 1 aliphatic carbocycles. The van der Waals surface area contributed by atoms with Gasteiger partial charge in [0.15, 0.2) is 9.84 Å². The molecule has 2 heterocycles. The van der Waals surface area contributed by atoms with E-state index in [0.717, 1.165) is 17.0 Å². The van der Waals surface area contributed by atoms with Gasteiger partial charge in [0.05, 0.1) is 21.1 Å². The maximum absolute atomic E-state index is 13.4. The first-order valence-corrected chi connectivity index (χ1v) is 11.9. The monoisotopic (exact) mass is 502 g/mol. The molecular formula is C21H18ClF3N2O5S. The van der Waals surface area contributed by atoms with E-state index in [2.05, 4.69) is 4.98 Å². The minimum Gasteiger partial charge on any atom is -0.480 e. The summed E-state index contributed by atoms with van der Waals surface area (Å²) in [5, 5.41) is 8.38. The van der Waals surface area contributed by atoms with Crippen molar-refractivity contribution >= 4 is 33.3 Å². The molecule has 1 amide bonds. The molecular weight excluding hydrogens is 485 g/mol. The molecule has 1 saturated heterocycles. The highest BCUT2D eigenvalue weighted by molar-refractivity contribution is 7.92. The van der Waals surface area contributed by atoms with Crippen LogP contribution in [0.3, 0.4) is 0 Å². The van der Waals surface area contributed by atoms with Gasteiger partial charge in [-0.25, -0.2) is 18.2 Å². The Bertz CT molecular complexity index is 1210. The third-order valence-corrected chi connectivity index (χ3v) is 8.60. The van der Waals surface area contributed by atoms with Crippen LogP contribution < -0.4 is 0 Å². The average molecular weight is 503 g/mol. The van der Waals surface area contributed by atoms with E-state index < -0.39 is 68.0 Å². The van der Waals surface area contributed by atoms with Gasteiger partial charge in [0.2, 0.25) is 5.91 Å². The summed E-state index contributed by atoms with van der Waals surface area (Å²) in [6.07, 6.45) is -3.19. The molecule has 1 aliphatic heterocycles. The number of carboxylic acid groups (broad SMARTS) is 1. The van der Waals surface area contributed by atoms with Crippen molar-refractivity contribution in [1.29, 1.82) is 0 Å². The molecule has 2 aliphatic rings. The molecule has 1 aromatic heterocycles. The van der Waals surface area contributed by atoms with Crippen molar-refractivity contribution in [1.82, 2.24) is 9.88 Å². The molecule has 7 nitrogen and oxygen atoms in total. The van der Waals surface area contributed by atoms with Crippen LogP contribution in [-0.2, 0) is 31.0 Å². The van der Waals surface area contributed by atoms with Crippen molar-refractivity contribution in [2.24, 2.45) is 0 Å². The molecule has 1 aromatic carbocycles. The van der Waals surface area contributed by atoms with Crippen LogP contribution >= 0.6 is 11.6 Å². The number of aliphatic carboxylic acids is 1. The number of halogens is 4. The van der Waals surface area contributed by atoms with E-state index in [-0.39, 0.29) is 5.15 Å². The summed E-state index contributed by atoms with van der Waals surface area (Å²) in [4.78, 5) is 29.3. The van der Waals surface area contributed by atoms with Gasteiger partial charge in [-0.05, 0) is 43.0 Å². The molecule has 0 radical (unpaired) electrons. The predicted octanol–water partition coefficient (Wildman–Crippen LogP) is 3.31. The molecule has 1 N–H and O–H groups in total. The summed E-state index contributed by atoms with van der Waals surface area (Å²) < 4.78 is 66.6. The number of benzene rings is 1. The van der Waals surface area contributed by atoms with Gasteiger partial charge in [0.1, 0.15) is 11.2 Å². The molecule has 176 valence electrons. The first-order valence-electron chi connectivity index (χ1n) is 9.94. The van der Waals surface area contributed by atoms with Crippen LogP contribution in [-0.4, -0.2) is 53.1 Å². The molecule has 2 aromatic rings. The Morgan fingerprint density at radius 1 is 1.15 bits per heavy atom. The van der Waals surface area contributed by atoms with E-state index in [1.807, 2.05) is 0 Å². The zero-order chi connectivity index (χ0) is 24.2. The number of carbonyl (C=O) groups is 2. The fourth-order valence-corrected chi connectivity index (χ4v) is 6.32. The molecule has 4 rings (SSSR count). The average Bonchev–Trinajstić information content (AvgIpc) is 3.43. The molecule has 33 heavy (non-hydrogen) atoms. The van der Waals surface area contributed by atoms with E-state index in [0.29, 0.717) is 24.5 Å². The van der Waals surface area contributed by atoms with E-state index in [9.17, 15) is 36.3 Å². The van der Waals surface area contributed by atoms with E-state index in [1.54, 1.807) is 6.07 Å². The second-order valence-electron chi connectivity index (χ2n) is 8.16. The second kappa shape index (κ2) is 7.98. The Morgan fingerprint density at radius 3 is 2.36 bits per heavy atom. The number of alkyl halides is 3. The van der Waals surface area contributed by atoms with Crippen molar-refractivity contribution in [3.05, 3.63) is 58.9 Å². The van der Waals surface area contributed by atoms with Gasteiger partial charge in [-0.3, -0.25) is 4.79 Å². The number of pyridine rings is 1. The standard InChI is InChI=1S/C21H18ClF3N2O5S/c22-17-6-5-12(10-26-17)20(7-8-20)19(30)27-11-13(9-15(27)18(28)29)33(31,32)16-4-2-1-3-14(16)21(23,24)25/h1-6,10,13,15H,7-9,11H2,(H,28,29)/t13-,15+/m1/s1. The third kappa shape index (κ3) is 4.08. The zero-order valence-corrected chi connectivity index (χ0v) is 18.5. The lowest BCUT2D eigenvalue weighted by Crippen LogP contribution is -2.46. The Kier molecular flexibility index (Phi) is 5.68. The van der Waals surface area contributed by atoms with Crippen LogP contribution in [0.25, 0.3) is 0 Å². The molecule has 0 unspecified atom stereocenters. The Balaban J connectivity index is 1.68. The number of aromatic nitrogens is 1. The Labute approximate surface area is 192 Å². The van der Waals surface area contributed by atoms with Crippen LogP contribution in [0.4, 0.5) is 13.2 Å². The lowest BCUT2D eigenvalue weighted by molar-refractivity contribution is -0.149. The molecule has 12 heteroatoms. The summed E-state index contributed by atoms with van der Waals surface area (Å²) in [6, 6.07) is 5.36.